The van der Waals surface area contributed by atoms with Crippen LogP contribution < -0.4 is 4.90 Å². The van der Waals surface area contributed by atoms with Gasteiger partial charge in [0.2, 0.25) is 0 Å². The number of piperazine rings is 1. The fraction of sp³-hybridized carbons (Fsp3) is 0.458. The molecule has 1 aliphatic carbocycles. The average molecular weight is 392 g/mol. The van der Waals surface area contributed by atoms with Crippen molar-refractivity contribution >= 4 is 11.8 Å². The Hall–Kier alpha value is -2.53. The largest absolute Gasteiger partial charge is 0.445 e. The number of nitrogens with zero attached hydrogens (tertiary/aromatic N) is 3. The van der Waals surface area contributed by atoms with Crippen LogP contribution in [0.1, 0.15) is 41.5 Å². The molecule has 2 fully saturated rings. The summed E-state index contributed by atoms with van der Waals surface area (Å²) in [7, 11) is 2.18. The highest BCUT2D eigenvalue weighted by Crippen LogP contribution is 2.50. The molecule has 0 spiro atoms. The summed E-state index contributed by atoms with van der Waals surface area (Å²) in [5.74, 6) is 0.578. The quantitative estimate of drug-likeness (QED) is 0.792. The number of carbonyl (C=O) groups is 1. The van der Waals surface area contributed by atoms with Crippen molar-refractivity contribution in [3.8, 4) is 0 Å². The van der Waals surface area contributed by atoms with Crippen LogP contribution in [0.25, 0.3) is 0 Å². The van der Waals surface area contributed by atoms with E-state index in [1.54, 1.807) is 0 Å². The van der Waals surface area contributed by atoms with Crippen LogP contribution in [0, 0.1) is 0 Å². The number of hydrogen-bond acceptors (Lipinski definition) is 4. The first-order chi connectivity index (χ1) is 14.2. The van der Waals surface area contributed by atoms with E-state index in [-0.39, 0.29) is 12.1 Å². The number of anilines is 1. The third-order valence-corrected chi connectivity index (χ3v) is 6.78. The highest BCUT2D eigenvalue weighted by atomic mass is 16.6. The number of hydrogen-bond donors (Lipinski definition) is 0. The molecule has 3 aliphatic rings. The van der Waals surface area contributed by atoms with Crippen LogP contribution in [0.15, 0.2) is 48.5 Å². The van der Waals surface area contributed by atoms with E-state index in [4.69, 9.17) is 4.74 Å². The molecule has 29 heavy (non-hydrogen) atoms. The standard InChI is InChI=1S/C24H29N3O2/c1-25-11-13-26(14-12-25)20-7-8-21-19-9-10-27(23(15-19)22(21)16-20)24(28)29-17-18-5-3-2-4-6-18/h2-8,16,19,23H,9-15,17H2,1H3/t19-,23+/m1/s1. The van der Waals surface area contributed by atoms with E-state index >= 15 is 0 Å². The van der Waals surface area contributed by atoms with Gasteiger partial charge in [0.05, 0.1) is 6.04 Å². The molecule has 0 radical (unpaired) electrons. The van der Waals surface area contributed by atoms with Gasteiger partial charge in [0.15, 0.2) is 0 Å². The SMILES string of the molecule is CN1CCN(c2ccc3c(c2)[C@@H]2C[C@H]3CCN2C(=O)OCc2ccccc2)CC1. The summed E-state index contributed by atoms with van der Waals surface area (Å²) in [6, 6.07) is 17.0. The monoisotopic (exact) mass is 391 g/mol. The highest BCUT2D eigenvalue weighted by molar-refractivity contribution is 5.70. The zero-order chi connectivity index (χ0) is 19.8. The third-order valence-electron chi connectivity index (χ3n) is 6.78. The molecule has 1 amide bonds. The van der Waals surface area contributed by atoms with E-state index in [0.717, 1.165) is 51.1 Å². The molecule has 2 bridgehead atoms. The van der Waals surface area contributed by atoms with E-state index in [2.05, 4.69) is 35.0 Å². The number of fused-ring (bicyclic) bond motifs is 5. The number of likely N-dealkylation sites (tertiary alicyclic amines) is 1. The maximum atomic E-state index is 12.9. The molecule has 2 saturated heterocycles. The number of benzene rings is 2. The van der Waals surface area contributed by atoms with Crippen molar-refractivity contribution in [2.75, 3.05) is 44.7 Å². The van der Waals surface area contributed by atoms with Gasteiger partial charge in [0.1, 0.15) is 6.61 Å². The number of carbonyl (C=O) groups excluding carboxylic acids is 1. The summed E-state index contributed by atoms with van der Waals surface area (Å²) >= 11 is 0. The second-order valence-corrected chi connectivity index (χ2v) is 8.57. The number of piperidine rings is 1. The van der Waals surface area contributed by atoms with E-state index in [1.807, 2.05) is 35.2 Å². The van der Waals surface area contributed by atoms with Crippen molar-refractivity contribution in [1.29, 1.82) is 0 Å². The second-order valence-electron chi connectivity index (χ2n) is 8.57. The van der Waals surface area contributed by atoms with Gasteiger partial charge in [-0.3, -0.25) is 0 Å². The molecule has 0 unspecified atom stereocenters. The molecule has 2 heterocycles. The molecule has 5 nitrogen and oxygen atoms in total. The molecule has 2 atom stereocenters. The van der Waals surface area contributed by atoms with Gasteiger partial charge in [-0.1, -0.05) is 36.4 Å². The average Bonchev–Trinajstić information content (AvgIpc) is 3.05. The Kier molecular flexibility index (Phi) is 4.92. The Morgan fingerprint density at radius 1 is 1.00 bits per heavy atom. The maximum absolute atomic E-state index is 12.9. The van der Waals surface area contributed by atoms with E-state index in [9.17, 15) is 4.79 Å². The molecule has 2 aliphatic heterocycles. The highest BCUT2D eigenvalue weighted by Gasteiger charge is 2.41. The zero-order valence-corrected chi connectivity index (χ0v) is 17.1. The molecule has 0 N–H and O–H groups in total. The Labute approximate surface area is 172 Å². The van der Waals surface area contributed by atoms with Gasteiger partial charge < -0.3 is 19.4 Å². The topological polar surface area (TPSA) is 36.0 Å². The van der Waals surface area contributed by atoms with Crippen LogP contribution in [-0.4, -0.2) is 55.7 Å². The van der Waals surface area contributed by atoms with Crippen molar-refractivity contribution in [1.82, 2.24) is 9.80 Å². The Morgan fingerprint density at radius 2 is 1.79 bits per heavy atom. The predicted molar refractivity (Wildman–Crippen MR) is 114 cm³/mol. The van der Waals surface area contributed by atoms with E-state index in [1.165, 1.54) is 16.8 Å². The summed E-state index contributed by atoms with van der Waals surface area (Å²) in [5, 5.41) is 0. The number of rotatable bonds is 3. The van der Waals surface area contributed by atoms with E-state index in [0.29, 0.717) is 12.5 Å². The number of likely N-dealkylation sites (N-methyl/N-ethyl adjacent to an activating group) is 1. The summed E-state index contributed by atoms with van der Waals surface area (Å²) in [6.45, 7) is 5.43. The minimum atomic E-state index is -0.185. The fourth-order valence-corrected chi connectivity index (χ4v) is 5.05. The summed E-state index contributed by atoms with van der Waals surface area (Å²) < 4.78 is 5.66. The van der Waals surface area contributed by atoms with Crippen LogP contribution in [0.3, 0.4) is 0 Å². The van der Waals surface area contributed by atoms with Gasteiger partial charge in [0.25, 0.3) is 0 Å². The van der Waals surface area contributed by atoms with Gasteiger partial charge in [-0.05, 0) is 54.6 Å². The van der Waals surface area contributed by atoms with E-state index < -0.39 is 0 Å². The first kappa shape index (κ1) is 18.5. The fourth-order valence-electron chi connectivity index (χ4n) is 5.05. The molecule has 2 aromatic rings. The molecule has 5 heteroatoms. The Morgan fingerprint density at radius 3 is 2.59 bits per heavy atom. The lowest BCUT2D eigenvalue weighted by Crippen LogP contribution is -2.44. The first-order valence-corrected chi connectivity index (χ1v) is 10.7. The van der Waals surface area contributed by atoms with Gasteiger partial charge in [-0.15, -0.1) is 0 Å². The van der Waals surface area contributed by atoms with Crippen LogP contribution in [0.5, 0.6) is 0 Å². The number of amides is 1. The molecular formula is C24H29N3O2. The van der Waals surface area contributed by atoms with Crippen molar-refractivity contribution in [3.63, 3.8) is 0 Å². The molecule has 5 rings (SSSR count). The van der Waals surface area contributed by atoms with Crippen molar-refractivity contribution in [2.45, 2.75) is 31.4 Å². The lowest BCUT2D eigenvalue weighted by molar-refractivity contribution is 0.0694. The summed E-state index contributed by atoms with van der Waals surface area (Å²) in [5.41, 5.74) is 5.09. The van der Waals surface area contributed by atoms with Gasteiger partial charge in [0, 0.05) is 38.4 Å². The minimum absolute atomic E-state index is 0.152. The molecule has 2 aromatic carbocycles. The minimum Gasteiger partial charge on any atom is -0.445 e. The van der Waals surface area contributed by atoms with Crippen molar-refractivity contribution in [3.05, 3.63) is 65.2 Å². The van der Waals surface area contributed by atoms with Gasteiger partial charge in [-0.2, -0.15) is 0 Å². The van der Waals surface area contributed by atoms with Crippen LogP contribution in [0.2, 0.25) is 0 Å². The lowest BCUT2D eigenvalue weighted by Gasteiger charge is -2.35. The zero-order valence-electron chi connectivity index (χ0n) is 17.1. The van der Waals surface area contributed by atoms with Crippen LogP contribution in [0.4, 0.5) is 10.5 Å². The van der Waals surface area contributed by atoms with Crippen LogP contribution >= 0.6 is 0 Å². The molecular weight excluding hydrogens is 362 g/mol. The Bertz CT molecular complexity index is 877. The first-order valence-electron chi connectivity index (χ1n) is 10.7. The van der Waals surface area contributed by atoms with Gasteiger partial charge in [-0.25, -0.2) is 4.79 Å². The predicted octanol–water partition coefficient (Wildman–Crippen LogP) is 4.01. The van der Waals surface area contributed by atoms with Crippen molar-refractivity contribution in [2.24, 2.45) is 0 Å². The lowest BCUT2D eigenvalue weighted by atomic mass is 9.96. The molecule has 0 saturated carbocycles. The Balaban J connectivity index is 1.32. The smallest absolute Gasteiger partial charge is 0.410 e. The molecule has 0 aromatic heterocycles. The number of ether oxygens (including phenoxy) is 1. The second kappa shape index (κ2) is 7.71. The van der Waals surface area contributed by atoms with Crippen molar-refractivity contribution < 1.29 is 9.53 Å². The summed E-state index contributed by atoms with van der Waals surface area (Å²) in [4.78, 5) is 19.7. The van der Waals surface area contributed by atoms with Gasteiger partial charge >= 0.3 is 6.09 Å². The molecule has 152 valence electrons. The van der Waals surface area contributed by atoms with Crippen LogP contribution in [-0.2, 0) is 11.3 Å². The maximum Gasteiger partial charge on any atom is 0.410 e. The summed E-state index contributed by atoms with van der Waals surface area (Å²) in [6.07, 6.45) is 1.87. The normalized spacial score (nSPS) is 23.8. The third kappa shape index (κ3) is 3.60.